The van der Waals surface area contributed by atoms with E-state index in [1.54, 1.807) is 0 Å². The number of benzene rings is 2. The third kappa shape index (κ3) is 5.00. The van der Waals surface area contributed by atoms with Gasteiger partial charge in [-0.05, 0) is 79.9 Å². The van der Waals surface area contributed by atoms with Crippen molar-refractivity contribution in [2.75, 3.05) is 31.1 Å². The van der Waals surface area contributed by atoms with E-state index in [2.05, 4.69) is 40.2 Å². The highest BCUT2D eigenvalue weighted by Gasteiger charge is 2.30. The third-order valence-electron chi connectivity index (χ3n) is 8.33. The van der Waals surface area contributed by atoms with Gasteiger partial charge in [0.05, 0.1) is 17.9 Å². The average molecular weight is 573 g/mol. The second-order valence-electron chi connectivity index (χ2n) is 11.2. The lowest BCUT2D eigenvalue weighted by molar-refractivity contribution is 0.416. The molecule has 2 aliphatic rings. The van der Waals surface area contributed by atoms with Gasteiger partial charge < -0.3 is 9.88 Å². The predicted octanol–water partition coefficient (Wildman–Crippen LogP) is 7.19. The van der Waals surface area contributed by atoms with Crippen LogP contribution in [0.25, 0.3) is 33.3 Å². The fourth-order valence-corrected chi connectivity index (χ4v) is 6.23. The second-order valence-corrected chi connectivity index (χ2v) is 11.7. The standard InChI is InChI=1S/C32H31ClF2N6/c1-19-30(20(2)41(38-19)18-21-13-24(34)15-25(35)14-21)29-17-36-32-28(29)16-27(31(37-32)23-3-4-23)22-5-7-26(8-6-22)39-9-11-40(33)12-10-39/h5-8,13-17,23H,3-4,9-12,18H2,1-2H3,(H,36,37). The molecule has 1 aliphatic heterocycles. The van der Waals surface area contributed by atoms with Gasteiger partial charge in [-0.15, -0.1) is 0 Å². The van der Waals surface area contributed by atoms with Crippen LogP contribution >= 0.6 is 11.8 Å². The van der Waals surface area contributed by atoms with Crippen molar-refractivity contribution >= 4 is 28.5 Å². The summed E-state index contributed by atoms with van der Waals surface area (Å²) in [5.41, 5.74) is 9.89. The molecule has 210 valence electrons. The fourth-order valence-electron chi connectivity index (χ4n) is 6.08. The van der Waals surface area contributed by atoms with Crippen LogP contribution in [0.2, 0.25) is 0 Å². The number of hydrogen-bond acceptors (Lipinski definition) is 4. The Balaban J connectivity index is 1.26. The number of nitrogens with zero attached hydrogens (tertiary/aromatic N) is 5. The Kier molecular flexibility index (Phi) is 6.55. The number of aromatic nitrogens is 4. The van der Waals surface area contributed by atoms with Gasteiger partial charge in [0.25, 0.3) is 0 Å². The average Bonchev–Trinajstić information content (AvgIpc) is 3.67. The topological polar surface area (TPSA) is 53.0 Å². The molecule has 1 saturated carbocycles. The Hall–Kier alpha value is -3.75. The van der Waals surface area contributed by atoms with E-state index in [4.69, 9.17) is 21.9 Å². The van der Waals surface area contributed by atoms with Crippen molar-refractivity contribution in [1.82, 2.24) is 24.2 Å². The first-order chi connectivity index (χ1) is 19.8. The normalized spacial score (nSPS) is 16.2. The third-order valence-corrected chi connectivity index (χ3v) is 8.67. The number of halogens is 3. The lowest BCUT2D eigenvalue weighted by Crippen LogP contribution is -2.42. The second kappa shape index (κ2) is 10.3. The SMILES string of the molecule is Cc1nn(Cc2cc(F)cc(F)c2)c(C)c1-c1c[nH]c2nc(C3CC3)c(-c3ccc(N4CCN(Cl)CC4)cc3)cc12. The zero-order chi connectivity index (χ0) is 28.2. The molecule has 7 rings (SSSR count). The van der Waals surface area contributed by atoms with Crippen LogP contribution in [-0.2, 0) is 6.54 Å². The van der Waals surface area contributed by atoms with E-state index in [9.17, 15) is 8.78 Å². The molecule has 2 fully saturated rings. The van der Waals surface area contributed by atoms with Gasteiger partial charge in [-0.3, -0.25) is 4.68 Å². The Morgan fingerprint density at radius 2 is 1.63 bits per heavy atom. The quantitative estimate of drug-likeness (QED) is 0.219. The molecule has 0 bridgehead atoms. The van der Waals surface area contributed by atoms with E-state index in [0.717, 1.165) is 95.5 Å². The molecule has 0 unspecified atom stereocenters. The van der Waals surface area contributed by atoms with E-state index in [1.165, 1.54) is 17.8 Å². The molecule has 0 amide bonds. The van der Waals surface area contributed by atoms with Crippen molar-refractivity contribution < 1.29 is 8.78 Å². The number of nitrogens with one attached hydrogen (secondary N) is 1. The van der Waals surface area contributed by atoms with Gasteiger partial charge in [-0.1, -0.05) is 12.1 Å². The molecule has 5 aromatic rings. The van der Waals surface area contributed by atoms with Crippen LogP contribution in [0.5, 0.6) is 0 Å². The summed E-state index contributed by atoms with van der Waals surface area (Å²) in [5, 5.41) is 5.78. The highest BCUT2D eigenvalue weighted by molar-refractivity contribution is 6.13. The molecule has 0 radical (unpaired) electrons. The van der Waals surface area contributed by atoms with Crippen LogP contribution < -0.4 is 4.90 Å². The maximum Gasteiger partial charge on any atom is 0.138 e. The number of piperazine rings is 1. The molecule has 1 N–H and O–H groups in total. The van der Waals surface area contributed by atoms with Gasteiger partial charge in [-0.25, -0.2) is 18.2 Å². The molecule has 0 atom stereocenters. The van der Waals surface area contributed by atoms with Crippen molar-refractivity contribution in [2.45, 2.75) is 39.2 Å². The molecular formula is C32H31ClF2N6. The van der Waals surface area contributed by atoms with E-state index in [0.29, 0.717) is 11.5 Å². The molecule has 1 aliphatic carbocycles. The minimum Gasteiger partial charge on any atom is -0.369 e. The highest BCUT2D eigenvalue weighted by atomic mass is 35.5. The lowest BCUT2D eigenvalue weighted by Gasteiger charge is -2.32. The maximum atomic E-state index is 13.8. The first kappa shape index (κ1) is 26.2. The maximum absolute atomic E-state index is 13.8. The number of pyridine rings is 1. The minimum atomic E-state index is -0.589. The monoisotopic (exact) mass is 572 g/mol. The van der Waals surface area contributed by atoms with Crippen molar-refractivity contribution in [2.24, 2.45) is 0 Å². The Labute approximate surface area is 242 Å². The number of anilines is 1. The van der Waals surface area contributed by atoms with Gasteiger partial charge in [0, 0.05) is 77.8 Å². The number of rotatable bonds is 6. The molecular weight excluding hydrogens is 542 g/mol. The van der Waals surface area contributed by atoms with E-state index >= 15 is 0 Å². The Morgan fingerprint density at radius 3 is 2.32 bits per heavy atom. The number of aryl methyl sites for hydroxylation is 1. The fraction of sp³-hybridized carbons (Fsp3) is 0.312. The Morgan fingerprint density at radius 1 is 0.927 bits per heavy atom. The summed E-state index contributed by atoms with van der Waals surface area (Å²) in [5.74, 6) is -0.695. The molecule has 9 heteroatoms. The van der Waals surface area contributed by atoms with Crippen molar-refractivity contribution in [1.29, 1.82) is 0 Å². The first-order valence-corrected chi connectivity index (χ1v) is 14.5. The minimum absolute atomic E-state index is 0.283. The van der Waals surface area contributed by atoms with Gasteiger partial charge >= 0.3 is 0 Å². The molecule has 41 heavy (non-hydrogen) atoms. The summed E-state index contributed by atoms with van der Waals surface area (Å²) in [6, 6.07) is 14.7. The van der Waals surface area contributed by atoms with Crippen molar-refractivity contribution in [3.63, 3.8) is 0 Å². The number of aromatic amines is 1. The van der Waals surface area contributed by atoms with Crippen LogP contribution in [0.4, 0.5) is 14.5 Å². The first-order valence-electron chi connectivity index (χ1n) is 14.1. The smallest absolute Gasteiger partial charge is 0.138 e. The van der Waals surface area contributed by atoms with Crippen LogP contribution in [0.15, 0.2) is 54.7 Å². The van der Waals surface area contributed by atoms with E-state index in [-0.39, 0.29) is 6.54 Å². The zero-order valence-corrected chi connectivity index (χ0v) is 23.8. The summed E-state index contributed by atoms with van der Waals surface area (Å²) in [6.45, 7) is 7.78. The van der Waals surface area contributed by atoms with Gasteiger partial charge in [0.2, 0.25) is 0 Å². The summed E-state index contributed by atoms with van der Waals surface area (Å²) in [6.07, 6.45) is 4.32. The molecule has 0 spiro atoms. The lowest BCUT2D eigenvalue weighted by atomic mass is 9.97. The van der Waals surface area contributed by atoms with Gasteiger partial charge in [0.15, 0.2) is 0 Å². The molecule has 6 nitrogen and oxygen atoms in total. The van der Waals surface area contributed by atoms with Crippen LogP contribution in [0.3, 0.4) is 0 Å². The van der Waals surface area contributed by atoms with Gasteiger partial charge in [0.1, 0.15) is 17.3 Å². The molecule has 1 saturated heterocycles. The van der Waals surface area contributed by atoms with E-state index < -0.39 is 11.6 Å². The highest BCUT2D eigenvalue weighted by Crippen LogP contribution is 2.45. The zero-order valence-electron chi connectivity index (χ0n) is 23.1. The summed E-state index contributed by atoms with van der Waals surface area (Å²) >= 11 is 6.16. The van der Waals surface area contributed by atoms with Crippen LogP contribution in [0, 0.1) is 25.5 Å². The number of H-pyrrole nitrogens is 1. The van der Waals surface area contributed by atoms with Crippen LogP contribution in [0.1, 0.15) is 41.4 Å². The molecule has 2 aromatic carbocycles. The largest absolute Gasteiger partial charge is 0.369 e. The molecule has 4 heterocycles. The summed E-state index contributed by atoms with van der Waals surface area (Å²) in [4.78, 5) is 10.9. The van der Waals surface area contributed by atoms with Crippen molar-refractivity contribution in [3.05, 3.63) is 89.0 Å². The number of hydrogen-bond donors (Lipinski definition) is 1. The summed E-state index contributed by atoms with van der Waals surface area (Å²) in [7, 11) is 0. The Bertz CT molecular complexity index is 1730. The van der Waals surface area contributed by atoms with Crippen LogP contribution in [-0.4, -0.2) is 50.3 Å². The van der Waals surface area contributed by atoms with E-state index in [1.807, 2.05) is 29.1 Å². The van der Waals surface area contributed by atoms with Gasteiger partial charge in [-0.2, -0.15) is 5.10 Å². The molecule has 3 aromatic heterocycles. The van der Waals surface area contributed by atoms with Crippen molar-refractivity contribution in [3.8, 4) is 22.3 Å². The summed E-state index contributed by atoms with van der Waals surface area (Å²) < 4.78 is 31.3. The predicted molar refractivity (Wildman–Crippen MR) is 159 cm³/mol. The number of fused-ring (bicyclic) bond motifs is 1.